The molecule has 7 nitrogen and oxygen atoms in total. The first-order valence-corrected chi connectivity index (χ1v) is 9.46. The number of aromatic nitrogens is 4. The van der Waals surface area contributed by atoms with E-state index in [-0.39, 0.29) is 11.7 Å². The molecule has 0 N–H and O–H groups in total. The molecule has 0 saturated carbocycles. The maximum Gasteiger partial charge on any atom is 0.264 e. The number of fused-ring (bicyclic) bond motifs is 3. The first-order valence-electron chi connectivity index (χ1n) is 8.67. The normalized spacial score (nSPS) is 12.5. The van der Waals surface area contributed by atoms with Crippen LogP contribution in [0, 0.1) is 11.3 Å². The quantitative estimate of drug-likeness (QED) is 0.491. The van der Waals surface area contributed by atoms with Crippen molar-refractivity contribution in [3.63, 3.8) is 0 Å². The van der Waals surface area contributed by atoms with Crippen molar-refractivity contribution in [2.75, 3.05) is 14.1 Å². The third kappa shape index (κ3) is 2.99. The van der Waals surface area contributed by atoms with Gasteiger partial charge < -0.3 is 0 Å². The van der Waals surface area contributed by atoms with E-state index in [4.69, 9.17) is 5.26 Å². The summed E-state index contributed by atoms with van der Waals surface area (Å²) >= 11 is 3.45. The van der Waals surface area contributed by atoms with Crippen LogP contribution < -0.4 is 5.56 Å². The Balaban J connectivity index is 2.01. The molecule has 28 heavy (non-hydrogen) atoms. The van der Waals surface area contributed by atoms with Gasteiger partial charge in [-0.15, -0.1) is 10.2 Å². The largest absolute Gasteiger partial charge is 0.285 e. The molecule has 140 valence electrons. The van der Waals surface area contributed by atoms with Crippen LogP contribution in [0.25, 0.3) is 16.7 Å². The van der Waals surface area contributed by atoms with Crippen LogP contribution in [-0.2, 0) is 6.42 Å². The molecule has 0 bridgehead atoms. The molecule has 8 heteroatoms. The van der Waals surface area contributed by atoms with Crippen molar-refractivity contribution in [3.8, 4) is 6.07 Å². The summed E-state index contributed by atoms with van der Waals surface area (Å²) in [7, 11) is 3.83. The van der Waals surface area contributed by atoms with Crippen LogP contribution in [0.3, 0.4) is 0 Å². The lowest BCUT2D eigenvalue weighted by Gasteiger charge is -2.27. The second-order valence-electron chi connectivity index (χ2n) is 6.75. The average molecular weight is 437 g/mol. The Morgan fingerprint density at radius 1 is 1.21 bits per heavy atom. The molecule has 2 aromatic heterocycles. The third-order valence-corrected chi connectivity index (χ3v) is 5.20. The van der Waals surface area contributed by atoms with E-state index in [0.29, 0.717) is 17.6 Å². The summed E-state index contributed by atoms with van der Waals surface area (Å²) in [6.07, 6.45) is 1.59. The van der Waals surface area contributed by atoms with Crippen LogP contribution in [0.2, 0.25) is 0 Å². The Morgan fingerprint density at radius 2 is 1.96 bits per heavy atom. The predicted molar refractivity (Wildman–Crippen MR) is 110 cm³/mol. The molecule has 0 spiro atoms. The standard InChI is InChI=1S/C20H17BrN6O/c1-25(2)18(14-5-3-13(4-6-14)9-10-22)27-19(28)16-11-15(21)7-8-17(16)26-12-23-24-20(26)27/h3-8,11-12,18H,9H2,1-2H3. The van der Waals surface area contributed by atoms with Gasteiger partial charge in [0.1, 0.15) is 12.5 Å². The fourth-order valence-corrected chi connectivity index (χ4v) is 3.83. The summed E-state index contributed by atoms with van der Waals surface area (Å²) in [6, 6.07) is 15.5. The van der Waals surface area contributed by atoms with Crippen LogP contribution in [-0.4, -0.2) is 38.2 Å². The van der Waals surface area contributed by atoms with E-state index < -0.39 is 0 Å². The third-order valence-electron chi connectivity index (χ3n) is 4.71. The van der Waals surface area contributed by atoms with Crippen LogP contribution in [0.1, 0.15) is 17.3 Å². The molecule has 0 fully saturated rings. The summed E-state index contributed by atoms with van der Waals surface area (Å²) in [6.45, 7) is 0. The molecule has 1 atom stereocenters. The average Bonchev–Trinajstić information content (AvgIpc) is 3.15. The van der Waals surface area contributed by atoms with Crippen molar-refractivity contribution in [1.82, 2.24) is 24.1 Å². The Hall–Kier alpha value is -3.02. The van der Waals surface area contributed by atoms with Gasteiger partial charge in [0.25, 0.3) is 5.56 Å². The highest BCUT2D eigenvalue weighted by Gasteiger charge is 2.23. The van der Waals surface area contributed by atoms with E-state index in [2.05, 4.69) is 32.2 Å². The Labute approximate surface area is 169 Å². The van der Waals surface area contributed by atoms with Crippen LogP contribution in [0.15, 0.2) is 58.1 Å². The van der Waals surface area contributed by atoms with Crippen molar-refractivity contribution < 1.29 is 0 Å². The van der Waals surface area contributed by atoms with Crippen molar-refractivity contribution in [2.45, 2.75) is 12.6 Å². The van der Waals surface area contributed by atoms with E-state index in [9.17, 15) is 4.79 Å². The lowest BCUT2D eigenvalue weighted by molar-refractivity contribution is 0.260. The Morgan fingerprint density at radius 3 is 2.64 bits per heavy atom. The SMILES string of the molecule is CN(C)C(c1ccc(CC#N)cc1)n1c(=O)c2cc(Br)ccc2n2cnnc12. The van der Waals surface area contributed by atoms with E-state index in [0.717, 1.165) is 21.1 Å². The molecule has 4 aromatic rings. The maximum absolute atomic E-state index is 13.5. The number of hydrogen-bond donors (Lipinski definition) is 0. The molecule has 0 saturated heterocycles. The Kier molecular flexibility index (Phi) is 4.71. The second kappa shape index (κ2) is 7.19. The lowest BCUT2D eigenvalue weighted by Crippen LogP contribution is -2.36. The summed E-state index contributed by atoms with van der Waals surface area (Å²) in [5.41, 5.74) is 2.47. The van der Waals surface area contributed by atoms with Gasteiger partial charge in [-0.3, -0.25) is 18.7 Å². The van der Waals surface area contributed by atoms with E-state index in [1.807, 2.05) is 65.9 Å². The monoisotopic (exact) mass is 436 g/mol. The van der Waals surface area contributed by atoms with Crippen molar-refractivity contribution in [1.29, 1.82) is 5.26 Å². The first kappa shape index (κ1) is 18.3. The molecule has 0 aliphatic carbocycles. The molecular formula is C20H17BrN6O. The summed E-state index contributed by atoms with van der Waals surface area (Å²) in [5.74, 6) is 0.472. The number of halogens is 1. The fourth-order valence-electron chi connectivity index (χ4n) is 3.47. The molecule has 1 unspecified atom stereocenters. The van der Waals surface area contributed by atoms with E-state index in [1.165, 1.54) is 0 Å². The molecule has 0 radical (unpaired) electrons. The lowest BCUT2D eigenvalue weighted by atomic mass is 10.1. The minimum atomic E-state index is -0.376. The molecule has 0 amide bonds. The topological polar surface area (TPSA) is 79.2 Å². The number of benzene rings is 2. The highest BCUT2D eigenvalue weighted by Crippen LogP contribution is 2.24. The van der Waals surface area contributed by atoms with Gasteiger partial charge in [-0.2, -0.15) is 5.26 Å². The molecule has 2 aromatic carbocycles. The van der Waals surface area contributed by atoms with Crippen molar-refractivity contribution >= 4 is 32.6 Å². The molecule has 0 aliphatic rings. The second-order valence-corrected chi connectivity index (χ2v) is 7.67. The highest BCUT2D eigenvalue weighted by atomic mass is 79.9. The highest BCUT2D eigenvalue weighted by molar-refractivity contribution is 9.10. The van der Waals surface area contributed by atoms with E-state index in [1.54, 1.807) is 10.9 Å². The van der Waals surface area contributed by atoms with E-state index >= 15 is 0 Å². The number of rotatable bonds is 4. The number of nitriles is 1. The van der Waals surface area contributed by atoms with Gasteiger partial charge in [-0.1, -0.05) is 40.2 Å². The van der Waals surface area contributed by atoms with Gasteiger partial charge in [0, 0.05) is 4.47 Å². The minimum Gasteiger partial charge on any atom is -0.285 e. The van der Waals surface area contributed by atoms with Gasteiger partial charge >= 0.3 is 0 Å². The number of nitrogens with zero attached hydrogens (tertiary/aromatic N) is 6. The van der Waals surface area contributed by atoms with Gasteiger partial charge in [0.15, 0.2) is 0 Å². The van der Waals surface area contributed by atoms with Crippen LogP contribution >= 0.6 is 15.9 Å². The summed E-state index contributed by atoms with van der Waals surface area (Å²) in [4.78, 5) is 15.4. The Bertz CT molecular complexity index is 1270. The van der Waals surface area contributed by atoms with Crippen molar-refractivity contribution in [2.24, 2.45) is 0 Å². The zero-order chi connectivity index (χ0) is 19.8. The molecular weight excluding hydrogens is 420 g/mol. The van der Waals surface area contributed by atoms with Gasteiger partial charge in [-0.05, 0) is 43.4 Å². The maximum atomic E-state index is 13.5. The van der Waals surface area contributed by atoms with Crippen molar-refractivity contribution in [3.05, 3.63) is 74.7 Å². The fraction of sp³-hybridized carbons (Fsp3) is 0.200. The van der Waals surface area contributed by atoms with Gasteiger partial charge in [0.2, 0.25) is 5.78 Å². The zero-order valence-corrected chi connectivity index (χ0v) is 17.0. The minimum absolute atomic E-state index is 0.142. The van der Waals surface area contributed by atoms with Gasteiger partial charge in [-0.25, -0.2) is 0 Å². The number of hydrogen-bond acceptors (Lipinski definition) is 5. The summed E-state index contributed by atoms with van der Waals surface area (Å²) in [5, 5.41) is 17.7. The molecule has 0 aliphatic heterocycles. The first-order chi connectivity index (χ1) is 13.5. The molecule has 2 heterocycles. The summed E-state index contributed by atoms with van der Waals surface area (Å²) < 4.78 is 4.31. The zero-order valence-electron chi connectivity index (χ0n) is 15.4. The predicted octanol–water partition coefficient (Wildman–Crippen LogP) is 2.98. The van der Waals surface area contributed by atoms with Crippen LogP contribution in [0.5, 0.6) is 0 Å². The molecule has 4 rings (SSSR count). The smallest absolute Gasteiger partial charge is 0.264 e. The van der Waals surface area contributed by atoms with Gasteiger partial charge in [0.05, 0.1) is 23.4 Å². The van der Waals surface area contributed by atoms with Crippen LogP contribution in [0.4, 0.5) is 0 Å².